The molecule has 6 atom stereocenters. The zero-order valence-corrected chi connectivity index (χ0v) is 27.0. The van der Waals surface area contributed by atoms with Gasteiger partial charge in [-0.15, -0.1) is 0 Å². The molecular formula is C37H43NO8. The van der Waals surface area contributed by atoms with Crippen molar-refractivity contribution in [2.75, 3.05) is 20.8 Å². The van der Waals surface area contributed by atoms with Crippen molar-refractivity contribution in [1.82, 2.24) is 4.90 Å². The van der Waals surface area contributed by atoms with Crippen LogP contribution in [0.5, 0.6) is 23.0 Å². The van der Waals surface area contributed by atoms with Gasteiger partial charge in [0.15, 0.2) is 34.6 Å². The van der Waals surface area contributed by atoms with Gasteiger partial charge in [-0.1, -0.05) is 42.4 Å². The highest BCUT2D eigenvalue weighted by molar-refractivity contribution is 6.11. The van der Waals surface area contributed by atoms with Gasteiger partial charge < -0.3 is 24.8 Å². The molecule has 0 bridgehead atoms. The van der Waals surface area contributed by atoms with E-state index < -0.39 is 41.6 Å². The molecular weight excluding hydrogens is 586 g/mol. The van der Waals surface area contributed by atoms with Crippen LogP contribution in [0.4, 0.5) is 0 Å². The van der Waals surface area contributed by atoms with Gasteiger partial charge in [0.2, 0.25) is 0 Å². The molecule has 2 aromatic rings. The smallest absolute Gasteiger partial charge is 0.183 e. The highest BCUT2D eigenvalue weighted by Crippen LogP contribution is 2.60. The number of methoxy groups -OCH3 is 2. The lowest BCUT2D eigenvalue weighted by atomic mass is 9.69. The van der Waals surface area contributed by atoms with Crippen molar-refractivity contribution < 1.29 is 39.2 Å². The number of aromatic hydroxyl groups is 2. The molecule has 0 aromatic heterocycles. The number of rotatable bonds is 9. The number of fused-ring (bicyclic) bond motifs is 2. The number of carbonyl (C=O) groups is 3. The quantitative estimate of drug-likeness (QED) is 0.196. The van der Waals surface area contributed by atoms with E-state index in [2.05, 4.69) is 4.90 Å². The average molecular weight is 630 g/mol. The maximum Gasteiger partial charge on any atom is 0.183 e. The van der Waals surface area contributed by atoms with Crippen LogP contribution in [-0.2, 0) is 14.4 Å². The van der Waals surface area contributed by atoms with Crippen LogP contribution in [0.15, 0.2) is 65.8 Å². The number of hydrogen-bond donors (Lipinski definition) is 3. The van der Waals surface area contributed by atoms with Crippen molar-refractivity contribution in [2.24, 2.45) is 11.8 Å². The zero-order chi connectivity index (χ0) is 33.3. The lowest BCUT2D eigenvalue weighted by molar-refractivity contribution is -0.132. The Morgan fingerprint density at radius 3 is 2.41 bits per heavy atom. The predicted molar refractivity (Wildman–Crippen MR) is 174 cm³/mol. The Kier molecular flexibility index (Phi) is 9.56. The van der Waals surface area contributed by atoms with Gasteiger partial charge >= 0.3 is 0 Å². The standard InChI is InChI=1S/C37H43NO8/c1-6-9-25-32(21(2)3)36(44)37(35(25)43)34(23-13-15-27(40)31(19-23)46-5)33(26-10-7-8-17-38(26)37)29(42)20-24(39)14-11-22-12-16-30(45-4)28(41)18-22/h6,9,11-16,18-19,25-26,33-35,40-41,43H,7-8,10,17,20H2,1-5H3/b9-6?,14-11+. The van der Waals surface area contributed by atoms with Crippen LogP contribution < -0.4 is 9.47 Å². The first-order chi connectivity index (χ1) is 22.0. The van der Waals surface area contributed by atoms with Crippen molar-refractivity contribution in [3.05, 3.63) is 76.9 Å². The molecule has 3 fully saturated rings. The molecule has 46 heavy (non-hydrogen) atoms. The third-order valence-electron chi connectivity index (χ3n) is 9.89. The Bertz CT molecular complexity index is 1620. The molecule has 1 spiro atoms. The van der Waals surface area contributed by atoms with Gasteiger partial charge in [-0.2, -0.15) is 0 Å². The third kappa shape index (κ3) is 5.45. The number of ketones is 3. The summed E-state index contributed by atoms with van der Waals surface area (Å²) < 4.78 is 10.5. The maximum absolute atomic E-state index is 14.9. The summed E-state index contributed by atoms with van der Waals surface area (Å²) in [6.45, 7) is 6.11. The molecule has 5 rings (SSSR count). The summed E-state index contributed by atoms with van der Waals surface area (Å²) in [5.74, 6) is -2.74. The molecule has 2 aliphatic heterocycles. The Labute approximate surface area is 269 Å². The molecule has 2 heterocycles. The van der Waals surface area contributed by atoms with Gasteiger partial charge in [-0.3, -0.25) is 19.3 Å². The van der Waals surface area contributed by atoms with Crippen LogP contribution >= 0.6 is 0 Å². The molecule has 6 unspecified atom stereocenters. The first kappa shape index (κ1) is 33.2. The SMILES string of the molecule is CC=CC1C(=C(C)C)C(=O)C2(C1O)C(c1ccc(O)c(OC)c1)C(C(=O)CC(=O)/C=C/c1ccc(OC)c(O)c1)C1CCCCN12. The van der Waals surface area contributed by atoms with Crippen molar-refractivity contribution in [3.8, 4) is 23.0 Å². The number of piperidine rings is 1. The molecule has 3 aliphatic rings. The van der Waals surface area contributed by atoms with Crippen LogP contribution in [0.1, 0.15) is 63.5 Å². The van der Waals surface area contributed by atoms with Crippen LogP contribution in [-0.4, -0.2) is 76.0 Å². The molecule has 244 valence electrons. The fourth-order valence-electron chi connectivity index (χ4n) is 8.09. The van der Waals surface area contributed by atoms with Crippen molar-refractivity contribution in [1.29, 1.82) is 0 Å². The number of aliphatic hydroxyl groups excluding tert-OH is 1. The van der Waals surface area contributed by atoms with E-state index >= 15 is 0 Å². The second kappa shape index (κ2) is 13.3. The van der Waals surface area contributed by atoms with Crippen LogP contribution in [0.25, 0.3) is 6.08 Å². The minimum atomic E-state index is -1.45. The molecule has 9 nitrogen and oxygen atoms in total. The summed E-state index contributed by atoms with van der Waals surface area (Å²) in [7, 11) is 2.88. The molecule has 3 N–H and O–H groups in total. The number of nitrogens with zero attached hydrogens (tertiary/aromatic N) is 1. The molecule has 0 amide bonds. The minimum Gasteiger partial charge on any atom is -0.504 e. The average Bonchev–Trinajstić information content (AvgIpc) is 3.46. The number of benzene rings is 2. The van der Waals surface area contributed by atoms with Gasteiger partial charge in [-0.05, 0) is 81.6 Å². The summed E-state index contributed by atoms with van der Waals surface area (Å²) in [5, 5.41) is 32.9. The predicted octanol–water partition coefficient (Wildman–Crippen LogP) is 5.14. The number of Topliss-reactive ketones (excluding diaryl/α,β-unsaturated/α-hetero) is 2. The Morgan fingerprint density at radius 1 is 1.02 bits per heavy atom. The lowest BCUT2D eigenvalue weighted by Gasteiger charge is -2.44. The van der Waals surface area contributed by atoms with Crippen LogP contribution in [0, 0.1) is 11.8 Å². The number of ether oxygens (including phenoxy) is 2. The normalized spacial score (nSPS) is 27.9. The van der Waals surface area contributed by atoms with Gasteiger partial charge in [-0.25, -0.2) is 0 Å². The van der Waals surface area contributed by atoms with E-state index in [0.29, 0.717) is 35.4 Å². The topological polar surface area (TPSA) is 134 Å². The Balaban J connectivity index is 1.61. The van der Waals surface area contributed by atoms with E-state index in [0.717, 1.165) is 18.4 Å². The number of carbonyl (C=O) groups excluding carboxylic acids is 3. The minimum absolute atomic E-state index is 0.0688. The number of phenols is 2. The van der Waals surface area contributed by atoms with Crippen molar-refractivity contribution in [3.63, 3.8) is 0 Å². The van der Waals surface area contributed by atoms with Crippen molar-refractivity contribution in [2.45, 2.75) is 70.1 Å². The maximum atomic E-state index is 14.9. The summed E-state index contributed by atoms with van der Waals surface area (Å²) in [5.41, 5.74) is 1.04. The number of hydrogen-bond acceptors (Lipinski definition) is 9. The van der Waals surface area contributed by atoms with Gasteiger partial charge in [0.25, 0.3) is 0 Å². The van der Waals surface area contributed by atoms with Gasteiger partial charge in [0, 0.05) is 29.4 Å². The Hall–Kier alpha value is -4.21. The van der Waals surface area contributed by atoms with E-state index in [9.17, 15) is 29.7 Å². The van der Waals surface area contributed by atoms with E-state index in [1.54, 1.807) is 24.3 Å². The van der Waals surface area contributed by atoms with E-state index in [4.69, 9.17) is 9.47 Å². The molecule has 1 saturated carbocycles. The second-order valence-corrected chi connectivity index (χ2v) is 12.6. The number of allylic oxidation sites excluding steroid dienone is 3. The lowest BCUT2D eigenvalue weighted by Crippen LogP contribution is -2.60. The Morgan fingerprint density at radius 2 is 1.76 bits per heavy atom. The number of phenolic OH excluding ortho intramolecular Hbond substituents is 2. The highest BCUT2D eigenvalue weighted by atomic mass is 16.5. The van der Waals surface area contributed by atoms with Crippen molar-refractivity contribution >= 4 is 23.4 Å². The fraction of sp³-hybridized carbons (Fsp3) is 0.432. The van der Waals surface area contributed by atoms with E-state index in [-0.39, 0.29) is 34.9 Å². The molecule has 2 aromatic carbocycles. The van der Waals surface area contributed by atoms with E-state index in [1.165, 1.54) is 38.5 Å². The molecule has 9 heteroatoms. The van der Waals surface area contributed by atoms with E-state index in [1.807, 2.05) is 32.9 Å². The van der Waals surface area contributed by atoms with Gasteiger partial charge in [0.05, 0.1) is 26.7 Å². The number of aliphatic hydroxyl groups is 1. The third-order valence-corrected chi connectivity index (χ3v) is 9.89. The molecule has 1 aliphatic carbocycles. The van der Waals surface area contributed by atoms with Gasteiger partial charge in [0.1, 0.15) is 11.3 Å². The largest absolute Gasteiger partial charge is 0.504 e. The summed E-state index contributed by atoms with van der Waals surface area (Å²) in [6, 6.07) is 9.18. The summed E-state index contributed by atoms with van der Waals surface area (Å²) in [6.07, 6.45) is 7.29. The second-order valence-electron chi connectivity index (χ2n) is 12.6. The summed E-state index contributed by atoms with van der Waals surface area (Å²) in [4.78, 5) is 44.6. The highest BCUT2D eigenvalue weighted by Gasteiger charge is 2.72. The summed E-state index contributed by atoms with van der Waals surface area (Å²) >= 11 is 0. The van der Waals surface area contributed by atoms with Crippen LogP contribution in [0.3, 0.4) is 0 Å². The first-order valence-corrected chi connectivity index (χ1v) is 15.8. The van der Waals surface area contributed by atoms with Crippen LogP contribution in [0.2, 0.25) is 0 Å². The molecule has 0 radical (unpaired) electrons. The monoisotopic (exact) mass is 629 g/mol. The zero-order valence-electron chi connectivity index (χ0n) is 27.0. The first-order valence-electron chi connectivity index (χ1n) is 15.8. The molecule has 2 saturated heterocycles. The fourth-order valence-corrected chi connectivity index (χ4v) is 8.09.